The van der Waals surface area contributed by atoms with Gasteiger partial charge in [0.05, 0.1) is 34.9 Å². The van der Waals surface area contributed by atoms with Crippen LogP contribution in [0.3, 0.4) is 0 Å². The first-order valence-corrected chi connectivity index (χ1v) is 18.4. The van der Waals surface area contributed by atoms with Gasteiger partial charge >= 0.3 is 43.3 Å². The molecule has 2 aromatic carbocycles. The second kappa shape index (κ2) is 14.1. The van der Waals surface area contributed by atoms with Crippen LogP contribution in [0.5, 0.6) is 17.2 Å². The molecular formula is C30H24F9NO15S2. The standard InChI is InChI=1S/C30H24F9NO15S2/c1-9-21(42)13(40-26(46)28(31,32)33)6-16(52-9)53-15-8-27(47,10(2)41)7-12-18(15)24(45)19-20(25(12)55-57(50,51)30(37,38)39)22(43)11-4-3-5-14(17(11)23(19)44)54-56(48,49)29(34,35)36/h3-5,9,13,15-16,21,42,45,47H,6-8H2,1-2H3,(H,40,46)/t9-,13-,15-,16-,21+,27-/m0/s1. The number of alkyl halides is 9. The van der Waals surface area contributed by atoms with Gasteiger partial charge in [0.2, 0.25) is 5.78 Å². The lowest BCUT2D eigenvalue weighted by Gasteiger charge is -2.43. The van der Waals surface area contributed by atoms with Crippen LogP contribution in [0.15, 0.2) is 18.2 Å². The predicted molar refractivity (Wildman–Crippen MR) is 163 cm³/mol. The highest BCUT2D eigenvalue weighted by atomic mass is 32.2. The minimum Gasteiger partial charge on any atom is -0.507 e. The largest absolute Gasteiger partial charge is 0.534 e. The lowest BCUT2D eigenvalue weighted by molar-refractivity contribution is -0.250. The number of fused-ring (bicyclic) bond motifs is 3. The van der Waals surface area contributed by atoms with Gasteiger partial charge in [-0.15, -0.1) is 0 Å². The number of aromatic hydroxyl groups is 1. The number of hydrogen-bond donors (Lipinski definition) is 4. The molecule has 0 radical (unpaired) electrons. The Morgan fingerprint density at radius 3 is 2.04 bits per heavy atom. The molecule has 1 amide bonds. The van der Waals surface area contributed by atoms with E-state index in [9.17, 15) is 90.8 Å². The molecule has 1 saturated heterocycles. The lowest BCUT2D eigenvalue weighted by Crippen LogP contribution is -2.57. The lowest BCUT2D eigenvalue weighted by atomic mass is 9.72. The van der Waals surface area contributed by atoms with Crippen molar-refractivity contribution in [3.8, 4) is 17.2 Å². The summed E-state index contributed by atoms with van der Waals surface area (Å²) in [6.45, 7) is 1.78. The quantitative estimate of drug-likeness (QED) is 0.144. The summed E-state index contributed by atoms with van der Waals surface area (Å²) in [6, 6.07) is -0.141. The summed E-state index contributed by atoms with van der Waals surface area (Å²) in [6.07, 6.45) is -16.3. The van der Waals surface area contributed by atoms with Crippen LogP contribution < -0.4 is 13.7 Å². The Morgan fingerprint density at radius 2 is 1.49 bits per heavy atom. The monoisotopic (exact) mass is 873 g/mol. The summed E-state index contributed by atoms with van der Waals surface area (Å²) < 4.78 is 188. The van der Waals surface area contributed by atoms with Gasteiger partial charge in [-0.2, -0.15) is 56.3 Å². The third-order valence-corrected chi connectivity index (χ3v) is 11.0. The Hall–Kier alpha value is -4.57. The molecule has 4 N–H and O–H groups in total. The van der Waals surface area contributed by atoms with Crippen molar-refractivity contribution in [3.05, 3.63) is 51.6 Å². The summed E-state index contributed by atoms with van der Waals surface area (Å²) in [5.41, 5.74) is -23.0. The fourth-order valence-electron chi connectivity index (χ4n) is 6.31. The van der Waals surface area contributed by atoms with E-state index in [2.05, 4.69) is 8.37 Å². The zero-order chi connectivity index (χ0) is 43.2. The Labute approximate surface area is 312 Å². The highest BCUT2D eigenvalue weighted by molar-refractivity contribution is 7.88. The summed E-state index contributed by atoms with van der Waals surface area (Å²) >= 11 is 0. The van der Waals surface area contributed by atoms with Crippen molar-refractivity contribution in [1.82, 2.24) is 5.32 Å². The highest BCUT2D eigenvalue weighted by Gasteiger charge is 2.55. The van der Waals surface area contributed by atoms with Crippen LogP contribution in [0.2, 0.25) is 0 Å². The Balaban J connectivity index is 1.76. The smallest absolute Gasteiger partial charge is 0.507 e. The van der Waals surface area contributed by atoms with Crippen LogP contribution in [-0.4, -0.2) is 103 Å². The maximum Gasteiger partial charge on any atom is 0.534 e. The number of benzene rings is 2. The molecule has 2 aromatic rings. The number of hydrogen-bond acceptors (Lipinski definition) is 15. The summed E-state index contributed by atoms with van der Waals surface area (Å²) in [7, 11) is -13.5. The van der Waals surface area contributed by atoms with Gasteiger partial charge in [0, 0.05) is 36.0 Å². The molecule has 1 fully saturated rings. The van der Waals surface area contributed by atoms with Gasteiger partial charge in [0.15, 0.2) is 29.4 Å². The summed E-state index contributed by atoms with van der Waals surface area (Å²) in [4.78, 5) is 52.4. The number of nitrogens with one attached hydrogen (secondary N) is 1. The molecule has 1 heterocycles. The SMILES string of the molecule is CC(=O)[C@]1(O)Cc2c(OS(=O)(=O)C(F)(F)F)c3c(c(O)c2[C@@H](O[C@H]2C[C@H](NC(=O)C(F)(F)F)[C@H](O)[C@H](C)O2)C1)C(=O)c1c(OS(=O)(=O)C(F)(F)F)cccc1C3=O. The van der Waals surface area contributed by atoms with Crippen molar-refractivity contribution in [3.63, 3.8) is 0 Å². The molecule has 57 heavy (non-hydrogen) atoms. The molecule has 5 rings (SSSR count). The number of aliphatic hydroxyl groups excluding tert-OH is 1. The number of phenols is 1. The molecule has 6 atom stereocenters. The first-order chi connectivity index (χ1) is 25.8. The fourth-order valence-corrected chi connectivity index (χ4v) is 7.28. The van der Waals surface area contributed by atoms with Crippen molar-refractivity contribution in [2.24, 2.45) is 0 Å². The van der Waals surface area contributed by atoms with Gasteiger partial charge in [0.1, 0.15) is 17.5 Å². The predicted octanol–water partition coefficient (Wildman–Crippen LogP) is 2.49. The first kappa shape index (κ1) is 43.6. The van der Waals surface area contributed by atoms with E-state index in [0.717, 1.165) is 6.92 Å². The highest BCUT2D eigenvalue weighted by Crippen LogP contribution is 2.54. The molecule has 0 unspecified atom stereocenters. The number of amides is 1. The molecule has 16 nitrogen and oxygen atoms in total. The number of ketones is 3. The first-order valence-electron chi connectivity index (χ1n) is 15.6. The van der Waals surface area contributed by atoms with Gasteiger partial charge in [-0.25, -0.2) is 0 Å². The number of Topliss-reactive ketones (excluding diaryl/α,β-unsaturated/α-hetero) is 1. The van der Waals surface area contributed by atoms with Crippen LogP contribution in [0, 0.1) is 0 Å². The van der Waals surface area contributed by atoms with E-state index in [4.69, 9.17) is 9.47 Å². The number of rotatable bonds is 8. The van der Waals surface area contributed by atoms with Gasteiger partial charge < -0.3 is 38.5 Å². The number of phenolic OH excluding ortho intramolecular Hbond substituents is 1. The molecular weight excluding hydrogens is 849 g/mol. The molecule has 27 heteroatoms. The Bertz CT molecular complexity index is 2290. The van der Waals surface area contributed by atoms with Crippen molar-refractivity contribution in [2.45, 2.75) is 86.5 Å². The number of aliphatic hydroxyl groups is 2. The van der Waals surface area contributed by atoms with E-state index in [1.165, 1.54) is 5.32 Å². The van der Waals surface area contributed by atoms with Gasteiger partial charge in [-0.3, -0.25) is 19.2 Å². The van der Waals surface area contributed by atoms with E-state index >= 15 is 0 Å². The summed E-state index contributed by atoms with van der Waals surface area (Å²) in [5.74, 6) is -12.3. The topological polar surface area (TPSA) is 246 Å². The van der Waals surface area contributed by atoms with Gasteiger partial charge in [-0.05, 0) is 19.9 Å². The zero-order valence-corrected chi connectivity index (χ0v) is 29.8. The van der Waals surface area contributed by atoms with E-state index in [1.54, 1.807) is 0 Å². The minimum absolute atomic E-state index is 0.433. The number of carbonyl (C=O) groups excluding carboxylic acids is 4. The molecule has 0 saturated carbocycles. The summed E-state index contributed by atoms with van der Waals surface area (Å²) in [5, 5.41) is 34.9. The molecule has 2 aliphatic carbocycles. The molecule has 314 valence electrons. The molecule has 0 aromatic heterocycles. The zero-order valence-electron chi connectivity index (χ0n) is 28.2. The van der Waals surface area contributed by atoms with E-state index < -0.39 is 167 Å². The van der Waals surface area contributed by atoms with E-state index in [-0.39, 0.29) is 0 Å². The van der Waals surface area contributed by atoms with Crippen LogP contribution in [0.1, 0.15) is 75.8 Å². The molecule has 0 spiro atoms. The van der Waals surface area contributed by atoms with Crippen LogP contribution >= 0.6 is 0 Å². The maximum absolute atomic E-state index is 14.0. The molecule has 3 aliphatic rings. The average molecular weight is 874 g/mol. The second-order valence-corrected chi connectivity index (χ2v) is 15.9. The van der Waals surface area contributed by atoms with E-state index in [1.807, 2.05) is 0 Å². The van der Waals surface area contributed by atoms with Gasteiger partial charge in [-0.1, -0.05) is 12.1 Å². The number of ether oxygens (including phenoxy) is 2. The van der Waals surface area contributed by atoms with Crippen molar-refractivity contribution < 1.29 is 109 Å². The maximum atomic E-state index is 14.0. The van der Waals surface area contributed by atoms with Crippen LogP contribution in [0.25, 0.3) is 0 Å². The third-order valence-electron chi connectivity index (χ3n) is 9.05. The molecule has 0 bridgehead atoms. The van der Waals surface area contributed by atoms with E-state index in [0.29, 0.717) is 25.1 Å². The normalized spacial score (nSPS) is 25.5. The van der Waals surface area contributed by atoms with Crippen LogP contribution in [-0.2, 0) is 45.7 Å². The second-order valence-electron chi connectivity index (χ2n) is 12.8. The third kappa shape index (κ3) is 7.74. The minimum atomic E-state index is -6.91. The number of carbonyl (C=O) groups is 4. The van der Waals surface area contributed by atoms with Gasteiger partial charge in [0.25, 0.3) is 0 Å². The fraction of sp³-hybridized carbons (Fsp3) is 0.467. The molecule has 1 aliphatic heterocycles. The van der Waals surface area contributed by atoms with Crippen molar-refractivity contribution in [1.29, 1.82) is 0 Å². The average Bonchev–Trinajstić information content (AvgIpc) is 3.05. The van der Waals surface area contributed by atoms with Crippen molar-refractivity contribution in [2.75, 3.05) is 0 Å². The van der Waals surface area contributed by atoms with Crippen molar-refractivity contribution >= 4 is 43.5 Å². The van der Waals surface area contributed by atoms with Crippen LogP contribution in [0.4, 0.5) is 39.5 Å². The number of halogens is 9. The Morgan fingerprint density at radius 1 is 0.912 bits per heavy atom. The Kier molecular flexibility index (Phi) is 10.7.